The van der Waals surface area contributed by atoms with Gasteiger partial charge in [-0.1, -0.05) is 26.0 Å². The molecule has 0 aliphatic carbocycles. The van der Waals surface area contributed by atoms with Gasteiger partial charge >= 0.3 is 0 Å². The lowest BCUT2D eigenvalue weighted by molar-refractivity contribution is 0.867. The predicted molar refractivity (Wildman–Crippen MR) is 87.7 cm³/mol. The summed E-state index contributed by atoms with van der Waals surface area (Å²) in [6.45, 7) is 7.22. The van der Waals surface area contributed by atoms with E-state index in [9.17, 15) is 0 Å². The van der Waals surface area contributed by atoms with E-state index in [-0.39, 0.29) is 0 Å². The Morgan fingerprint density at radius 3 is 2.65 bits per heavy atom. The quantitative estimate of drug-likeness (QED) is 0.842. The summed E-state index contributed by atoms with van der Waals surface area (Å²) in [7, 11) is 0. The van der Waals surface area contributed by atoms with Gasteiger partial charge in [-0.15, -0.1) is 0 Å². The van der Waals surface area contributed by atoms with Crippen molar-refractivity contribution in [3.63, 3.8) is 0 Å². The molecule has 0 bridgehead atoms. The van der Waals surface area contributed by atoms with E-state index in [2.05, 4.69) is 68.6 Å². The van der Waals surface area contributed by atoms with E-state index in [1.807, 2.05) is 13.0 Å². The van der Waals surface area contributed by atoms with Gasteiger partial charge in [-0.3, -0.25) is 0 Å². The van der Waals surface area contributed by atoms with Gasteiger partial charge < -0.3 is 10.6 Å². The number of benzene rings is 1. The lowest BCUT2D eigenvalue weighted by atomic mass is 10.0. The third kappa shape index (κ3) is 3.48. The topological polar surface area (TPSA) is 49.8 Å². The highest BCUT2D eigenvalue weighted by Gasteiger charge is 2.08. The summed E-state index contributed by atoms with van der Waals surface area (Å²) in [6, 6.07) is 8.37. The molecule has 5 heteroatoms. The van der Waals surface area contributed by atoms with Crippen molar-refractivity contribution < 1.29 is 0 Å². The summed E-state index contributed by atoms with van der Waals surface area (Å²) in [6.07, 6.45) is 1.55. The van der Waals surface area contributed by atoms with Gasteiger partial charge in [0.1, 0.15) is 22.4 Å². The molecule has 20 heavy (non-hydrogen) atoms. The summed E-state index contributed by atoms with van der Waals surface area (Å²) in [5.41, 5.74) is 2.32. The molecule has 0 saturated heterocycles. The molecule has 0 aliphatic heterocycles. The van der Waals surface area contributed by atoms with E-state index in [1.54, 1.807) is 6.33 Å². The molecule has 0 amide bonds. The molecular weight excluding hydrogens is 316 g/mol. The average molecular weight is 335 g/mol. The number of nitrogens with zero attached hydrogens (tertiary/aromatic N) is 2. The van der Waals surface area contributed by atoms with E-state index in [0.29, 0.717) is 5.92 Å². The normalized spacial score (nSPS) is 10.7. The van der Waals surface area contributed by atoms with Crippen molar-refractivity contribution in [1.29, 1.82) is 0 Å². The minimum absolute atomic E-state index is 0.503. The molecular formula is C15H19BrN4. The summed E-state index contributed by atoms with van der Waals surface area (Å²) < 4.78 is 0.844. The van der Waals surface area contributed by atoms with E-state index in [0.717, 1.165) is 28.3 Å². The van der Waals surface area contributed by atoms with Crippen molar-refractivity contribution in [2.45, 2.75) is 26.7 Å². The Balaban J connectivity index is 2.26. The molecule has 0 saturated carbocycles. The predicted octanol–water partition coefficient (Wildman–Crippen LogP) is 4.54. The molecule has 0 fully saturated rings. The Morgan fingerprint density at radius 1 is 1.20 bits per heavy atom. The number of anilines is 3. The summed E-state index contributed by atoms with van der Waals surface area (Å²) in [5, 5.41) is 6.52. The summed E-state index contributed by atoms with van der Waals surface area (Å²) in [5.74, 6) is 2.06. The first-order valence-corrected chi connectivity index (χ1v) is 7.52. The first-order chi connectivity index (χ1) is 9.61. The monoisotopic (exact) mass is 334 g/mol. The van der Waals surface area contributed by atoms with Crippen LogP contribution in [0.1, 0.15) is 32.3 Å². The maximum absolute atomic E-state index is 4.28. The Hall–Kier alpha value is -1.62. The van der Waals surface area contributed by atoms with Crippen LogP contribution in [0.3, 0.4) is 0 Å². The Morgan fingerprint density at radius 2 is 1.95 bits per heavy atom. The minimum Gasteiger partial charge on any atom is -0.369 e. The first kappa shape index (κ1) is 14.8. The number of rotatable bonds is 5. The van der Waals surface area contributed by atoms with E-state index < -0.39 is 0 Å². The third-order valence-electron chi connectivity index (χ3n) is 2.95. The van der Waals surface area contributed by atoms with E-state index >= 15 is 0 Å². The standard InChI is InChI=1S/C15H19BrN4/c1-4-17-14-13(16)15(19-9-18-14)20-12-7-5-6-11(8-12)10(2)3/h5-10H,4H2,1-3H3,(H2,17,18,19,20). The van der Waals surface area contributed by atoms with Crippen LogP contribution >= 0.6 is 15.9 Å². The van der Waals surface area contributed by atoms with Gasteiger partial charge in [-0.05, 0) is 46.5 Å². The van der Waals surface area contributed by atoms with Crippen LogP contribution in [0.15, 0.2) is 35.1 Å². The van der Waals surface area contributed by atoms with Gasteiger partial charge in [-0.2, -0.15) is 0 Å². The highest BCUT2D eigenvalue weighted by atomic mass is 79.9. The molecule has 0 radical (unpaired) electrons. The number of hydrogen-bond acceptors (Lipinski definition) is 4. The maximum Gasteiger partial charge on any atom is 0.150 e. The summed E-state index contributed by atoms with van der Waals surface area (Å²) >= 11 is 3.54. The van der Waals surface area contributed by atoms with Gasteiger partial charge in [0, 0.05) is 12.2 Å². The second-order valence-corrected chi connectivity index (χ2v) is 5.61. The number of aromatic nitrogens is 2. The molecule has 1 heterocycles. The first-order valence-electron chi connectivity index (χ1n) is 6.73. The third-order valence-corrected chi connectivity index (χ3v) is 3.70. The molecule has 2 rings (SSSR count). The number of halogens is 1. The average Bonchev–Trinajstić information content (AvgIpc) is 2.44. The highest BCUT2D eigenvalue weighted by Crippen LogP contribution is 2.29. The zero-order valence-corrected chi connectivity index (χ0v) is 13.5. The highest BCUT2D eigenvalue weighted by molar-refractivity contribution is 9.10. The molecule has 0 spiro atoms. The molecule has 2 N–H and O–H groups in total. The molecule has 1 aromatic carbocycles. The van der Waals surface area contributed by atoms with Crippen molar-refractivity contribution in [1.82, 2.24) is 9.97 Å². The molecule has 2 aromatic rings. The fourth-order valence-electron chi connectivity index (χ4n) is 1.86. The zero-order valence-electron chi connectivity index (χ0n) is 11.9. The van der Waals surface area contributed by atoms with Crippen LogP contribution in [0.5, 0.6) is 0 Å². The maximum atomic E-state index is 4.28. The van der Waals surface area contributed by atoms with Gasteiger partial charge in [0.05, 0.1) is 0 Å². The molecule has 0 aliphatic rings. The van der Waals surface area contributed by atoms with E-state index in [4.69, 9.17) is 0 Å². The van der Waals surface area contributed by atoms with Crippen LogP contribution in [-0.2, 0) is 0 Å². The Labute approximate surface area is 128 Å². The molecule has 106 valence electrons. The van der Waals surface area contributed by atoms with Crippen LogP contribution in [0.4, 0.5) is 17.3 Å². The largest absolute Gasteiger partial charge is 0.369 e. The zero-order chi connectivity index (χ0) is 14.5. The molecule has 0 atom stereocenters. The van der Waals surface area contributed by atoms with Crippen molar-refractivity contribution >= 4 is 33.3 Å². The SMILES string of the molecule is CCNc1ncnc(Nc2cccc(C(C)C)c2)c1Br. The van der Waals surface area contributed by atoms with Crippen LogP contribution < -0.4 is 10.6 Å². The molecule has 1 aromatic heterocycles. The molecule has 0 unspecified atom stereocenters. The fourth-order valence-corrected chi connectivity index (χ4v) is 2.30. The van der Waals surface area contributed by atoms with Crippen LogP contribution in [0.25, 0.3) is 0 Å². The van der Waals surface area contributed by atoms with Crippen molar-refractivity contribution in [2.75, 3.05) is 17.2 Å². The Kier molecular flexibility index (Phi) is 4.95. The van der Waals surface area contributed by atoms with Crippen molar-refractivity contribution in [3.8, 4) is 0 Å². The Bertz CT molecular complexity index is 584. The van der Waals surface area contributed by atoms with Gasteiger partial charge in [0.2, 0.25) is 0 Å². The second-order valence-electron chi connectivity index (χ2n) is 4.82. The van der Waals surface area contributed by atoms with Crippen LogP contribution in [0.2, 0.25) is 0 Å². The molecule has 4 nitrogen and oxygen atoms in total. The van der Waals surface area contributed by atoms with Crippen LogP contribution in [0, 0.1) is 0 Å². The fraction of sp³-hybridized carbons (Fsp3) is 0.333. The second kappa shape index (κ2) is 6.70. The smallest absolute Gasteiger partial charge is 0.150 e. The minimum atomic E-state index is 0.503. The van der Waals surface area contributed by atoms with Crippen molar-refractivity contribution in [3.05, 3.63) is 40.6 Å². The van der Waals surface area contributed by atoms with Crippen LogP contribution in [-0.4, -0.2) is 16.5 Å². The number of nitrogens with one attached hydrogen (secondary N) is 2. The van der Waals surface area contributed by atoms with Gasteiger partial charge in [-0.25, -0.2) is 9.97 Å². The lowest BCUT2D eigenvalue weighted by Gasteiger charge is -2.12. The number of hydrogen-bond donors (Lipinski definition) is 2. The summed E-state index contributed by atoms with van der Waals surface area (Å²) in [4.78, 5) is 8.49. The van der Waals surface area contributed by atoms with Crippen molar-refractivity contribution in [2.24, 2.45) is 0 Å². The van der Waals surface area contributed by atoms with E-state index in [1.165, 1.54) is 5.56 Å². The lowest BCUT2D eigenvalue weighted by Crippen LogP contribution is -2.04. The van der Waals surface area contributed by atoms with Gasteiger partial charge in [0.15, 0.2) is 0 Å². The van der Waals surface area contributed by atoms with Gasteiger partial charge in [0.25, 0.3) is 0 Å².